The lowest BCUT2D eigenvalue weighted by Gasteiger charge is -2.22. The van der Waals surface area contributed by atoms with Crippen LogP contribution in [0, 0.1) is 0 Å². The number of carbonyl (C=O) groups excluding carboxylic acids is 1. The average Bonchev–Trinajstić information content (AvgIpc) is 2.96. The van der Waals surface area contributed by atoms with Crippen LogP contribution in [0.4, 0.5) is 5.69 Å². The van der Waals surface area contributed by atoms with Crippen LogP contribution in [-0.4, -0.2) is 26.5 Å². The highest BCUT2D eigenvalue weighted by Crippen LogP contribution is 2.37. The molecule has 0 spiro atoms. The van der Waals surface area contributed by atoms with Gasteiger partial charge in [-0.3, -0.25) is 4.79 Å². The lowest BCUT2D eigenvalue weighted by Crippen LogP contribution is -2.17. The van der Waals surface area contributed by atoms with E-state index < -0.39 is 15.7 Å². The smallest absolute Gasteiger partial charge is 0.259 e. The zero-order chi connectivity index (χ0) is 29.4. The van der Waals surface area contributed by atoms with E-state index in [9.17, 15) is 18.3 Å². The van der Waals surface area contributed by atoms with Crippen molar-refractivity contribution in [3.05, 3.63) is 114 Å². The van der Waals surface area contributed by atoms with E-state index in [4.69, 9.17) is 4.74 Å². The second-order valence-electron chi connectivity index (χ2n) is 10.9. The monoisotopic (exact) mass is 565 g/mol. The number of aromatic hydroxyl groups is 1. The summed E-state index contributed by atoms with van der Waals surface area (Å²) in [5.74, 6) is -0.345. The van der Waals surface area contributed by atoms with Crippen LogP contribution in [0.15, 0.2) is 113 Å². The van der Waals surface area contributed by atoms with E-state index in [0.29, 0.717) is 17.0 Å². The van der Waals surface area contributed by atoms with Crippen LogP contribution in [-0.2, 0) is 15.3 Å². The van der Waals surface area contributed by atoms with Crippen molar-refractivity contribution in [1.29, 1.82) is 0 Å². The molecule has 208 valence electrons. The number of methoxy groups -OCH3 is 1. The molecule has 0 aromatic heterocycles. The number of hydrogen-bond acceptors (Lipinski definition) is 5. The number of hydrogen-bond donors (Lipinski definition) is 2. The number of anilines is 1. The van der Waals surface area contributed by atoms with Crippen LogP contribution < -0.4 is 10.1 Å². The van der Waals surface area contributed by atoms with Crippen LogP contribution in [0.5, 0.6) is 11.5 Å². The molecule has 0 fully saturated rings. The van der Waals surface area contributed by atoms with Crippen molar-refractivity contribution >= 4 is 32.2 Å². The van der Waals surface area contributed by atoms with Gasteiger partial charge in [0.1, 0.15) is 11.5 Å². The van der Waals surface area contributed by atoms with Gasteiger partial charge in [-0.25, -0.2) is 8.42 Å². The molecule has 0 aliphatic heterocycles. The summed E-state index contributed by atoms with van der Waals surface area (Å²) in [6.07, 6.45) is 0. The van der Waals surface area contributed by atoms with E-state index in [-0.39, 0.29) is 26.5 Å². The summed E-state index contributed by atoms with van der Waals surface area (Å²) in [6.45, 7) is 5.92. The molecule has 0 heterocycles. The summed E-state index contributed by atoms with van der Waals surface area (Å²) in [5, 5.41) is 15.5. The largest absolute Gasteiger partial charge is 0.507 e. The summed E-state index contributed by atoms with van der Waals surface area (Å²) in [4.78, 5) is 13.6. The number of benzene rings is 5. The second-order valence-corrected chi connectivity index (χ2v) is 12.8. The molecule has 0 atom stereocenters. The van der Waals surface area contributed by atoms with Crippen molar-refractivity contribution in [2.75, 3.05) is 12.4 Å². The molecule has 0 saturated carbocycles. The van der Waals surface area contributed by atoms with E-state index in [1.165, 1.54) is 37.4 Å². The Balaban J connectivity index is 1.44. The van der Waals surface area contributed by atoms with Crippen molar-refractivity contribution < 1.29 is 23.1 Å². The molecule has 5 aromatic carbocycles. The van der Waals surface area contributed by atoms with Gasteiger partial charge in [0.2, 0.25) is 9.84 Å². The summed E-state index contributed by atoms with van der Waals surface area (Å²) in [6, 6.07) is 29.9. The topological polar surface area (TPSA) is 92.7 Å². The van der Waals surface area contributed by atoms with Crippen LogP contribution in [0.3, 0.4) is 0 Å². The third-order valence-electron chi connectivity index (χ3n) is 7.03. The SMILES string of the molecule is COc1cc(O)c(C(=O)Nc2ccc(S(=O)(=O)c3ccccc3C(C)(C)C)cc2)cc1-c1ccc2ccccc2c1. The first-order valence-corrected chi connectivity index (χ1v) is 14.6. The van der Waals surface area contributed by atoms with Crippen LogP contribution in [0.1, 0.15) is 36.7 Å². The van der Waals surface area contributed by atoms with Crippen molar-refractivity contribution in [2.24, 2.45) is 0 Å². The van der Waals surface area contributed by atoms with Crippen molar-refractivity contribution in [3.8, 4) is 22.6 Å². The number of carbonyl (C=O) groups is 1. The lowest BCUT2D eigenvalue weighted by atomic mass is 9.87. The van der Waals surface area contributed by atoms with E-state index in [2.05, 4.69) is 5.32 Å². The molecule has 0 bridgehead atoms. The predicted molar refractivity (Wildman–Crippen MR) is 163 cm³/mol. The molecule has 6 nitrogen and oxygen atoms in total. The first-order chi connectivity index (χ1) is 19.5. The lowest BCUT2D eigenvalue weighted by molar-refractivity contribution is 0.102. The Hall–Kier alpha value is -4.62. The van der Waals surface area contributed by atoms with Gasteiger partial charge < -0.3 is 15.2 Å². The molecular formula is C34H31NO5S. The maximum atomic E-state index is 13.5. The van der Waals surface area contributed by atoms with Gasteiger partial charge in [0.15, 0.2) is 0 Å². The van der Waals surface area contributed by atoms with E-state index in [0.717, 1.165) is 21.9 Å². The Morgan fingerprint density at radius 3 is 2.15 bits per heavy atom. The zero-order valence-electron chi connectivity index (χ0n) is 23.3. The molecule has 2 N–H and O–H groups in total. The number of phenols is 1. The first-order valence-electron chi connectivity index (χ1n) is 13.2. The quantitative estimate of drug-likeness (QED) is 0.221. The minimum absolute atomic E-state index is 0.0600. The molecule has 0 radical (unpaired) electrons. The summed E-state index contributed by atoms with van der Waals surface area (Å²) in [7, 11) is -2.27. The first kappa shape index (κ1) is 27.9. The summed E-state index contributed by atoms with van der Waals surface area (Å²) >= 11 is 0. The summed E-state index contributed by atoms with van der Waals surface area (Å²) < 4.78 is 32.5. The highest BCUT2D eigenvalue weighted by Gasteiger charge is 2.27. The zero-order valence-corrected chi connectivity index (χ0v) is 24.1. The molecule has 7 heteroatoms. The average molecular weight is 566 g/mol. The van der Waals surface area contributed by atoms with Gasteiger partial charge in [-0.15, -0.1) is 0 Å². The third kappa shape index (κ3) is 5.54. The van der Waals surface area contributed by atoms with Crippen molar-refractivity contribution in [3.63, 3.8) is 0 Å². The number of rotatable bonds is 6. The highest BCUT2D eigenvalue weighted by molar-refractivity contribution is 7.91. The van der Waals surface area contributed by atoms with Gasteiger partial charge >= 0.3 is 0 Å². The Bertz CT molecular complexity index is 1870. The van der Waals surface area contributed by atoms with E-state index in [1.807, 2.05) is 75.4 Å². The van der Waals surface area contributed by atoms with Crippen molar-refractivity contribution in [1.82, 2.24) is 0 Å². The summed E-state index contributed by atoms with van der Waals surface area (Å²) in [5.41, 5.74) is 2.31. The Morgan fingerprint density at radius 2 is 1.46 bits per heavy atom. The minimum atomic E-state index is -3.78. The van der Waals surface area contributed by atoms with Gasteiger partial charge in [0.25, 0.3) is 5.91 Å². The predicted octanol–water partition coefficient (Wildman–Crippen LogP) is 7.60. The van der Waals surface area contributed by atoms with E-state index >= 15 is 0 Å². The van der Waals surface area contributed by atoms with E-state index in [1.54, 1.807) is 18.2 Å². The minimum Gasteiger partial charge on any atom is -0.507 e. The molecule has 0 aliphatic rings. The number of sulfone groups is 1. The molecular weight excluding hydrogens is 534 g/mol. The molecule has 5 rings (SSSR count). The molecule has 0 aliphatic carbocycles. The molecule has 0 saturated heterocycles. The Kier molecular flexibility index (Phi) is 7.32. The third-order valence-corrected chi connectivity index (χ3v) is 8.86. The number of fused-ring (bicyclic) bond motifs is 1. The maximum absolute atomic E-state index is 13.5. The number of nitrogens with one attached hydrogen (secondary N) is 1. The number of amides is 1. The fourth-order valence-electron chi connectivity index (χ4n) is 4.87. The second kappa shape index (κ2) is 10.7. The van der Waals surface area contributed by atoms with Crippen LogP contribution >= 0.6 is 0 Å². The van der Waals surface area contributed by atoms with Gasteiger partial charge in [0.05, 0.1) is 22.5 Å². The van der Waals surface area contributed by atoms with Crippen LogP contribution in [0.2, 0.25) is 0 Å². The fraction of sp³-hybridized carbons (Fsp3) is 0.147. The molecule has 1 amide bonds. The standard InChI is InChI=1S/C34H31NO5S/c1-34(2,3)29-11-7-8-12-32(29)41(38,39)26-17-15-25(16-18-26)35-33(37)28-20-27(31(40-4)21-30(28)36)24-14-13-22-9-5-6-10-23(22)19-24/h5-21,36H,1-4H3,(H,35,37). The maximum Gasteiger partial charge on any atom is 0.259 e. The van der Waals surface area contributed by atoms with Crippen molar-refractivity contribution in [2.45, 2.75) is 36.0 Å². The molecule has 5 aromatic rings. The Labute approximate surface area is 240 Å². The molecule has 0 unspecified atom stereocenters. The number of phenolic OH excluding ortho intramolecular Hbond substituents is 1. The fourth-order valence-corrected chi connectivity index (χ4v) is 6.54. The Morgan fingerprint density at radius 1 is 0.805 bits per heavy atom. The highest BCUT2D eigenvalue weighted by atomic mass is 32.2. The van der Waals surface area contributed by atoms with Gasteiger partial charge in [-0.2, -0.15) is 0 Å². The molecule has 41 heavy (non-hydrogen) atoms. The number of ether oxygens (including phenoxy) is 1. The van der Waals surface area contributed by atoms with Crippen LogP contribution in [0.25, 0.3) is 21.9 Å². The van der Waals surface area contributed by atoms with Gasteiger partial charge in [-0.1, -0.05) is 75.4 Å². The normalized spacial score (nSPS) is 11.8. The van der Waals surface area contributed by atoms with Gasteiger partial charge in [0, 0.05) is 17.3 Å². The van der Waals surface area contributed by atoms with Gasteiger partial charge in [-0.05, 0) is 69.8 Å².